The number of thioether (sulfide) groups is 1. The monoisotopic (exact) mass is 258 g/mol. The van der Waals surface area contributed by atoms with Gasteiger partial charge in [-0.05, 0) is 32.8 Å². The summed E-state index contributed by atoms with van der Waals surface area (Å²) < 4.78 is 0. The molecule has 16 heavy (non-hydrogen) atoms. The molecule has 0 aliphatic heterocycles. The molecule has 0 radical (unpaired) electrons. The lowest BCUT2D eigenvalue weighted by molar-refractivity contribution is 0.437. The van der Waals surface area contributed by atoms with E-state index in [0.29, 0.717) is 0 Å². The molecule has 0 saturated carbocycles. The smallest absolute Gasteiger partial charge is 0.0545 e. The van der Waals surface area contributed by atoms with Crippen LogP contribution < -0.4 is 5.32 Å². The van der Waals surface area contributed by atoms with E-state index in [4.69, 9.17) is 11.6 Å². The number of nitrogens with zero attached hydrogens (tertiary/aromatic N) is 1. The highest BCUT2D eigenvalue weighted by Crippen LogP contribution is 2.30. The van der Waals surface area contributed by atoms with Crippen molar-refractivity contribution >= 4 is 23.4 Å². The molecule has 0 bridgehead atoms. The van der Waals surface area contributed by atoms with Crippen LogP contribution in [0.3, 0.4) is 0 Å². The fraction of sp³-hybridized carbons (Fsp3) is 0.500. The molecule has 0 aromatic heterocycles. The van der Waals surface area contributed by atoms with Crippen LogP contribution in [0.5, 0.6) is 0 Å². The summed E-state index contributed by atoms with van der Waals surface area (Å²) >= 11 is 8.05. The van der Waals surface area contributed by atoms with Crippen molar-refractivity contribution < 1.29 is 0 Å². The Morgan fingerprint density at radius 2 is 2.12 bits per heavy atom. The molecule has 0 aliphatic rings. The number of rotatable bonds is 6. The van der Waals surface area contributed by atoms with Gasteiger partial charge in [0.2, 0.25) is 0 Å². The van der Waals surface area contributed by atoms with Crippen LogP contribution in [0.1, 0.15) is 5.56 Å². The summed E-state index contributed by atoms with van der Waals surface area (Å²) in [4.78, 5) is 3.39. The SMILES string of the molecule is CNCc1cccc(Cl)c1SCCN(C)C. The Kier molecular flexibility index (Phi) is 6.21. The van der Waals surface area contributed by atoms with E-state index in [1.807, 2.05) is 30.9 Å². The molecule has 0 aliphatic carbocycles. The van der Waals surface area contributed by atoms with Gasteiger partial charge in [0.05, 0.1) is 5.02 Å². The lowest BCUT2D eigenvalue weighted by Crippen LogP contribution is -2.15. The molecule has 0 heterocycles. The van der Waals surface area contributed by atoms with Crippen LogP contribution in [0.25, 0.3) is 0 Å². The minimum absolute atomic E-state index is 0.858. The lowest BCUT2D eigenvalue weighted by atomic mass is 10.2. The Labute approximate surface area is 107 Å². The summed E-state index contributed by atoms with van der Waals surface area (Å²) in [5, 5.41) is 4.03. The van der Waals surface area contributed by atoms with Gasteiger partial charge in [-0.3, -0.25) is 0 Å². The number of nitrogens with one attached hydrogen (secondary N) is 1. The average Bonchev–Trinajstić information content (AvgIpc) is 2.22. The van der Waals surface area contributed by atoms with Crippen LogP contribution in [0, 0.1) is 0 Å². The molecule has 0 spiro atoms. The van der Waals surface area contributed by atoms with E-state index in [1.54, 1.807) is 0 Å². The molecular formula is C12H19ClN2S. The first-order valence-electron chi connectivity index (χ1n) is 5.34. The standard InChI is InChI=1S/C12H19ClN2S/c1-14-9-10-5-4-6-11(13)12(10)16-8-7-15(2)3/h4-6,14H,7-9H2,1-3H3. The molecule has 0 fully saturated rings. The zero-order valence-corrected chi connectivity index (χ0v) is 11.7. The average molecular weight is 259 g/mol. The van der Waals surface area contributed by atoms with Crippen LogP contribution in [-0.2, 0) is 6.54 Å². The van der Waals surface area contributed by atoms with Crippen molar-refractivity contribution in [2.75, 3.05) is 33.4 Å². The first kappa shape index (κ1) is 13.8. The van der Waals surface area contributed by atoms with Crippen molar-refractivity contribution in [1.82, 2.24) is 10.2 Å². The van der Waals surface area contributed by atoms with Gasteiger partial charge in [-0.25, -0.2) is 0 Å². The first-order valence-corrected chi connectivity index (χ1v) is 6.71. The summed E-state index contributed by atoms with van der Waals surface area (Å²) in [6.07, 6.45) is 0. The highest BCUT2D eigenvalue weighted by Gasteiger charge is 2.06. The normalized spacial score (nSPS) is 11.1. The molecule has 1 rings (SSSR count). The third kappa shape index (κ3) is 4.34. The first-order chi connectivity index (χ1) is 7.65. The minimum atomic E-state index is 0.858. The van der Waals surface area contributed by atoms with Gasteiger partial charge in [0.25, 0.3) is 0 Å². The molecule has 1 aromatic rings. The zero-order valence-electron chi connectivity index (χ0n) is 10.1. The Morgan fingerprint density at radius 1 is 1.38 bits per heavy atom. The third-order valence-electron chi connectivity index (χ3n) is 2.20. The predicted molar refractivity (Wildman–Crippen MR) is 73.5 cm³/mol. The van der Waals surface area contributed by atoms with Gasteiger partial charge < -0.3 is 10.2 Å². The van der Waals surface area contributed by atoms with Gasteiger partial charge in [-0.15, -0.1) is 11.8 Å². The van der Waals surface area contributed by atoms with E-state index in [2.05, 4.69) is 30.4 Å². The van der Waals surface area contributed by atoms with E-state index < -0.39 is 0 Å². The fourth-order valence-corrected chi connectivity index (χ4v) is 2.92. The Morgan fingerprint density at radius 3 is 2.75 bits per heavy atom. The fourth-order valence-electron chi connectivity index (χ4n) is 1.38. The van der Waals surface area contributed by atoms with Crippen molar-refractivity contribution in [2.45, 2.75) is 11.4 Å². The van der Waals surface area contributed by atoms with Crippen LogP contribution in [0.4, 0.5) is 0 Å². The van der Waals surface area contributed by atoms with Crippen LogP contribution >= 0.6 is 23.4 Å². The molecule has 1 N–H and O–H groups in total. The maximum Gasteiger partial charge on any atom is 0.0545 e. The Bertz CT molecular complexity index is 329. The summed E-state index contributed by atoms with van der Waals surface area (Å²) in [6, 6.07) is 6.09. The second kappa shape index (κ2) is 7.17. The minimum Gasteiger partial charge on any atom is -0.316 e. The summed E-state index contributed by atoms with van der Waals surface area (Å²) in [5.41, 5.74) is 1.28. The van der Waals surface area contributed by atoms with Gasteiger partial charge in [0, 0.05) is 23.7 Å². The summed E-state index contributed by atoms with van der Waals surface area (Å²) in [6.45, 7) is 1.93. The van der Waals surface area contributed by atoms with E-state index in [0.717, 1.165) is 23.9 Å². The van der Waals surface area contributed by atoms with Crippen LogP contribution in [0.15, 0.2) is 23.1 Å². The molecule has 0 saturated heterocycles. The number of benzene rings is 1. The van der Waals surface area contributed by atoms with Gasteiger partial charge in [-0.2, -0.15) is 0 Å². The Balaban J connectivity index is 2.68. The lowest BCUT2D eigenvalue weighted by Gasteiger charge is -2.13. The summed E-state index contributed by atoms with van der Waals surface area (Å²) in [7, 11) is 6.12. The molecule has 0 amide bonds. The predicted octanol–water partition coefficient (Wildman–Crippen LogP) is 2.71. The van der Waals surface area contributed by atoms with Gasteiger partial charge in [0.15, 0.2) is 0 Å². The van der Waals surface area contributed by atoms with Crippen molar-refractivity contribution in [1.29, 1.82) is 0 Å². The highest BCUT2D eigenvalue weighted by atomic mass is 35.5. The largest absolute Gasteiger partial charge is 0.316 e. The molecule has 4 heteroatoms. The van der Waals surface area contributed by atoms with Gasteiger partial charge >= 0.3 is 0 Å². The highest BCUT2D eigenvalue weighted by molar-refractivity contribution is 7.99. The van der Waals surface area contributed by atoms with E-state index in [9.17, 15) is 0 Å². The molecular weight excluding hydrogens is 240 g/mol. The molecule has 0 atom stereocenters. The topological polar surface area (TPSA) is 15.3 Å². The van der Waals surface area contributed by atoms with Gasteiger partial charge in [0.1, 0.15) is 0 Å². The molecule has 2 nitrogen and oxygen atoms in total. The van der Waals surface area contributed by atoms with Crippen LogP contribution in [-0.4, -0.2) is 38.3 Å². The molecule has 90 valence electrons. The van der Waals surface area contributed by atoms with E-state index >= 15 is 0 Å². The van der Waals surface area contributed by atoms with Crippen molar-refractivity contribution in [3.63, 3.8) is 0 Å². The number of halogens is 1. The zero-order chi connectivity index (χ0) is 12.0. The quantitative estimate of drug-likeness (QED) is 0.790. The molecule has 1 aromatic carbocycles. The summed E-state index contributed by atoms with van der Waals surface area (Å²) in [5.74, 6) is 1.06. The van der Waals surface area contributed by atoms with Crippen molar-refractivity contribution in [3.8, 4) is 0 Å². The molecule has 0 unspecified atom stereocenters. The van der Waals surface area contributed by atoms with Crippen LogP contribution in [0.2, 0.25) is 5.02 Å². The second-order valence-corrected chi connectivity index (χ2v) is 5.42. The van der Waals surface area contributed by atoms with E-state index in [1.165, 1.54) is 10.5 Å². The third-order valence-corrected chi connectivity index (χ3v) is 3.79. The number of hydrogen-bond acceptors (Lipinski definition) is 3. The number of hydrogen-bond donors (Lipinski definition) is 1. The maximum absolute atomic E-state index is 6.22. The maximum atomic E-state index is 6.22. The second-order valence-electron chi connectivity index (χ2n) is 3.91. The Hall–Kier alpha value is -0.220. The van der Waals surface area contributed by atoms with Gasteiger partial charge in [-0.1, -0.05) is 23.7 Å². The van der Waals surface area contributed by atoms with E-state index in [-0.39, 0.29) is 0 Å². The van der Waals surface area contributed by atoms with Crippen molar-refractivity contribution in [2.24, 2.45) is 0 Å². The van der Waals surface area contributed by atoms with Crippen molar-refractivity contribution in [3.05, 3.63) is 28.8 Å².